The predicted molar refractivity (Wildman–Crippen MR) is 139 cm³/mol. The molecule has 2 heterocycles. The van der Waals surface area contributed by atoms with E-state index in [0.29, 0.717) is 0 Å². The highest BCUT2D eigenvalue weighted by Crippen LogP contribution is 2.51. The summed E-state index contributed by atoms with van der Waals surface area (Å²) in [6, 6.07) is 15.5. The molecule has 3 nitrogen and oxygen atoms in total. The number of benzene rings is 2. The van der Waals surface area contributed by atoms with E-state index in [1.165, 1.54) is 61.6 Å². The Morgan fingerprint density at radius 1 is 0.875 bits per heavy atom. The van der Waals surface area contributed by atoms with Gasteiger partial charge in [0.15, 0.2) is 0 Å². The van der Waals surface area contributed by atoms with Crippen LogP contribution >= 0.6 is 12.2 Å². The minimum absolute atomic E-state index is 0.0269. The van der Waals surface area contributed by atoms with Gasteiger partial charge in [0.1, 0.15) is 5.84 Å². The fourth-order valence-corrected chi connectivity index (χ4v) is 6.91. The van der Waals surface area contributed by atoms with Crippen LogP contribution in [0.5, 0.6) is 0 Å². The van der Waals surface area contributed by atoms with Crippen molar-refractivity contribution in [2.45, 2.75) is 71.8 Å². The van der Waals surface area contributed by atoms with Crippen LogP contribution in [0.4, 0.5) is 11.4 Å². The minimum atomic E-state index is 0.0269. The van der Waals surface area contributed by atoms with E-state index in [1.807, 2.05) is 0 Å². The van der Waals surface area contributed by atoms with Gasteiger partial charge in [-0.05, 0) is 82.8 Å². The predicted octanol–water partition coefficient (Wildman–Crippen LogP) is 6.90. The monoisotopic (exact) mass is 445 g/mol. The quantitative estimate of drug-likeness (QED) is 0.479. The molecule has 2 saturated heterocycles. The Bertz CT molecular complexity index is 1010. The maximum Gasteiger partial charge on any atom is 0.133 e. The number of nitrogens with zero attached hydrogens (tertiary/aromatic N) is 3. The number of anilines is 1. The molecule has 0 N–H and O–H groups in total. The van der Waals surface area contributed by atoms with Gasteiger partial charge in [-0.3, -0.25) is 9.80 Å². The molecular formula is C28H35N3S. The van der Waals surface area contributed by atoms with E-state index in [2.05, 4.69) is 73.0 Å². The highest BCUT2D eigenvalue weighted by Gasteiger charge is 2.57. The molecule has 1 atom stereocenters. The number of hydrogen-bond acceptors (Lipinski definition) is 3. The molecule has 3 fully saturated rings. The van der Waals surface area contributed by atoms with E-state index >= 15 is 0 Å². The molecular weight excluding hydrogens is 410 g/mol. The first-order chi connectivity index (χ1) is 15.5. The molecule has 0 bridgehead atoms. The fourth-order valence-electron chi connectivity index (χ4n) is 6.40. The van der Waals surface area contributed by atoms with E-state index in [0.717, 1.165) is 35.3 Å². The molecule has 0 unspecified atom stereocenters. The van der Waals surface area contributed by atoms with Crippen molar-refractivity contribution in [1.29, 1.82) is 0 Å². The third-order valence-corrected chi connectivity index (χ3v) is 8.34. The second-order valence-corrected chi connectivity index (χ2v) is 10.4. The summed E-state index contributed by atoms with van der Waals surface area (Å²) in [7, 11) is 0. The molecule has 5 rings (SSSR count). The first-order valence-corrected chi connectivity index (χ1v) is 12.7. The number of thiocarbonyl (C=S) groups is 1. The van der Waals surface area contributed by atoms with Crippen LogP contribution in [0.25, 0.3) is 0 Å². The van der Waals surface area contributed by atoms with Gasteiger partial charge in [-0.1, -0.05) is 67.4 Å². The van der Waals surface area contributed by atoms with Crippen molar-refractivity contribution in [2.75, 3.05) is 18.0 Å². The number of para-hydroxylation sites is 1. The molecule has 2 aliphatic heterocycles. The topological polar surface area (TPSA) is 18.8 Å². The SMILES string of the molecule is Cc1cc(C)c(N=C2[C@H](N3CCCC3)C3(CCCCC3)C(=S)N2c2ccccc2)c(C)c1. The number of amidine groups is 1. The molecule has 2 aromatic rings. The number of aliphatic imine (C=N–C) groups is 1. The average Bonchev–Trinajstić information content (AvgIpc) is 3.38. The zero-order chi connectivity index (χ0) is 22.3. The Labute approximate surface area is 198 Å². The van der Waals surface area contributed by atoms with Gasteiger partial charge < -0.3 is 0 Å². The van der Waals surface area contributed by atoms with Crippen LogP contribution in [0.3, 0.4) is 0 Å². The zero-order valence-corrected chi connectivity index (χ0v) is 20.5. The normalized spacial score (nSPS) is 24.7. The summed E-state index contributed by atoms with van der Waals surface area (Å²) in [5.41, 5.74) is 6.10. The van der Waals surface area contributed by atoms with E-state index in [1.54, 1.807) is 0 Å². The van der Waals surface area contributed by atoms with Crippen molar-refractivity contribution in [3.63, 3.8) is 0 Å². The third-order valence-electron chi connectivity index (χ3n) is 7.75. The Hall–Kier alpha value is -2.04. The average molecular weight is 446 g/mol. The highest BCUT2D eigenvalue weighted by atomic mass is 32.1. The van der Waals surface area contributed by atoms with Crippen LogP contribution in [-0.4, -0.2) is 34.9 Å². The largest absolute Gasteiger partial charge is 0.293 e. The highest BCUT2D eigenvalue weighted by molar-refractivity contribution is 7.80. The van der Waals surface area contributed by atoms with Crippen LogP contribution in [0.15, 0.2) is 47.5 Å². The van der Waals surface area contributed by atoms with Gasteiger partial charge >= 0.3 is 0 Å². The van der Waals surface area contributed by atoms with Crippen molar-refractivity contribution < 1.29 is 0 Å². The summed E-state index contributed by atoms with van der Waals surface area (Å²) in [5.74, 6) is 1.15. The fraction of sp³-hybridized carbons (Fsp3) is 0.500. The Balaban J connectivity index is 1.73. The Morgan fingerprint density at radius 2 is 1.50 bits per heavy atom. The van der Waals surface area contributed by atoms with E-state index in [-0.39, 0.29) is 11.5 Å². The number of aryl methyl sites for hydroxylation is 3. The zero-order valence-electron chi connectivity index (χ0n) is 19.7. The van der Waals surface area contributed by atoms with Crippen LogP contribution in [0, 0.1) is 26.2 Å². The van der Waals surface area contributed by atoms with E-state index in [4.69, 9.17) is 17.2 Å². The van der Waals surface area contributed by atoms with Crippen LogP contribution in [0.1, 0.15) is 61.6 Å². The number of hydrogen-bond donors (Lipinski definition) is 0. The van der Waals surface area contributed by atoms with Gasteiger partial charge in [0, 0.05) is 11.1 Å². The van der Waals surface area contributed by atoms with Crippen LogP contribution in [-0.2, 0) is 0 Å². The minimum Gasteiger partial charge on any atom is -0.293 e. The number of rotatable bonds is 3. The standard InChI is InChI=1S/C28H35N3S/c1-20-18-21(2)24(22(3)19-20)29-26-25(30-16-10-11-17-30)28(14-8-5-9-15-28)27(32)31(26)23-12-6-4-7-13-23/h4,6-7,12-13,18-19,25H,5,8-11,14-17H2,1-3H3/t25-/m0/s1. The maximum absolute atomic E-state index is 6.37. The van der Waals surface area contributed by atoms with Gasteiger partial charge in [0.05, 0.1) is 16.7 Å². The van der Waals surface area contributed by atoms with Crippen LogP contribution < -0.4 is 4.90 Å². The van der Waals surface area contributed by atoms with Crippen LogP contribution in [0.2, 0.25) is 0 Å². The lowest BCUT2D eigenvalue weighted by Crippen LogP contribution is -2.49. The molecule has 32 heavy (non-hydrogen) atoms. The van der Waals surface area contributed by atoms with Gasteiger partial charge in [0.2, 0.25) is 0 Å². The summed E-state index contributed by atoms with van der Waals surface area (Å²) in [4.78, 5) is 11.7. The molecule has 4 heteroatoms. The summed E-state index contributed by atoms with van der Waals surface area (Å²) in [6.07, 6.45) is 8.78. The Kier molecular flexibility index (Phi) is 5.94. The molecule has 0 amide bonds. The van der Waals surface area contributed by atoms with E-state index in [9.17, 15) is 0 Å². The van der Waals surface area contributed by atoms with Gasteiger partial charge in [0.25, 0.3) is 0 Å². The molecule has 2 aromatic carbocycles. The summed E-state index contributed by atoms with van der Waals surface area (Å²) < 4.78 is 0. The second-order valence-electron chi connectivity index (χ2n) is 10.1. The van der Waals surface area contributed by atoms with Gasteiger partial charge in [-0.15, -0.1) is 0 Å². The molecule has 0 radical (unpaired) electrons. The maximum atomic E-state index is 6.37. The summed E-state index contributed by atoms with van der Waals surface area (Å²) >= 11 is 6.37. The van der Waals surface area contributed by atoms with Crippen molar-refractivity contribution in [3.8, 4) is 0 Å². The van der Waals surface area contributed by atoms with Crippen molar-refractivity contribution in [1.82, 2.24) is 4.90 Å². The molecule has 0 aromatic heterocycles. The smallest absolute Gasteiger partial charge is 0.133 e. The summed E-state index contributed by atoms with van der Waals surface area (Å²) in [6.45, 7) is 8.87. The van der Waals surface area contributed by atoms with Crippen molar-refractivity contribution >= 4 is 34.4 Å². The second kappa shape index (κ2) is 8.72. The van der Waals surface area contributed by atoms with E-state index < -0.39 is 0 Å². The molecule has 1 aliphatic carbocycles. The van der Waals surface area contributed by atoms with Gasteiger partial charge in [-0.2, -0.15) is 0 Å². The lowest BCUT2D eigenvalue weighted by Gasteiger charge is -2.41. The van der Waals surface area contributed by atoms with Crippen molar-refractivity contribution in [2.24, 2.45) is 10.4 Å². The summed E-state index contributed by atoms with van der Waals surface area (Å²) in [5, 5.41) is 0. The lowest BCUT2D eigenvalue weighted by molar-refractivity contribution is 0.155. The Morgan fingerprint density at radius 3 is 2.12 bits per heavy atom. The molecule has 1 saturated carbocycles. The molecule has 1 spiro atoms. The number of likely N-dealkylation sites (tertiary alicyclic amines) is 1. The molecule has 3 aliphatic rings. The molecule has 168 valence electrons. The lowest BCUT2D eigenvalue weighted by atomic mass is 9.70. The first-order valence-electron chi connectivity index (χ1n) is 12.3. The first kappa shape index (κ1) is 21.8. The van der Waals surface area contributed by atoms with Gasteiger partial charge in [-0.25, -0.2) is 4.99 Å². The van der Waals surface area contributed by atoms with Crippen molar-refractivity contribution in [3.05, 3.63) is 59.2 Å². The third kappa shape index (κ3) is 3.62.